The van der Waals surface area contributed by atoms with E-state index in [0.29, 0.717) is 17.7 Å². The van der Waals surface area contributed by atoms with E-state index >= 15 is 0 Å². The number of hydrogen-bond acceptors (Lipinski definition) is 3. The lowest BCUT2D eigenvalue weighted by atomic mass is 10.1. The highest BCUT2D eigenvalue weighted by molar-refractivity contribution is 6.25. The number of alkyl halides is 4. The summed E-state index contributed by atoms with van der Waals surface area (Å²) in [6.45, 7) is -0.383. The lowest BCUT2D eigenvalue weighted by Crippen LogP contribution is -2.31. The number of halogens is 5. The van der Waals surface area contributed by atoms with Crippen LogP contribution >= 0.6 is 11.6 Å². The molecule has 0 aliphatic heterocycles. The predicted molar refractivity (Wildman–Crippen MR) is 104 cm³/mol. The summed E-state index contributed by atoms with van der Waals surface area (Å²) in [7, 11) is 0. The Morgan fingerprint density at radius 2 is 2.10 bits per heavy atom. The van der Waals surface area contributed by atoms with Crippen molar-refractivity contribution >= 4 is 23.2 Å². The van der Waals surface area contributed by atoms with Crippen LogP contribution in [0.3, 0.4) is 0 Å². The van der Waals surface area contributed by atoms with E-state index < -0.39 is 29.8 Å². The second kappa shape index (κ2) is 9.34. The van der Waals surface area contributed by atoms with Crippen molar-refractivity contribution in [3.05, 3.63) is 65.6 Å². The minimum Gasteiger partial charge on any atom is -0.467 e. The predicted octanol–water partition coefficient (Wildman–Crippen LogP) is 4.19. The molecule has 1 N–H and O–H groups in total. The summed E-state index contributed by atoms with van der Waals surface area (Å²) in [5, 5.41) is 5.50. The average Bonchev–Trinajstić information content (AvgIpc) is 3.13. The van der Waals surface area contributed by atoms with Crippen LogP contribution in [0.4, 0.5) is 17.6 Å². The first-order chi connectivity index (χ1) is 14.3. The lowest BCUT2D eigenvalue weighted by molar-refractivity contribution is -0.141. The van der Waals surface area contributed by atoms with Gasteiger partial charge in [0, 0.05) is 12.6 Å². The van der Waals surface area contributed by atoms with Gasteiger partial charge in [0.2, 0.25) is 5.88 Å². The van der Waals surface area contributed by atoms with E-state index in [4.69, 9.17) is 16.3 Å². The van der Waals surface area contributed by atoms with Gasteiger partial charge < -0.3 is 10.1 Å². The van der Waals surface area contributed by atoms with Crippen molar-refractivity contribution < 1.29 is 27.1 Å². The summed E-state index contributed by atoms with van der Waals surface area (Å²) in [4.78, 5) is 12.0. The van der Waals surface area contributed by atoms with Gasteiger partial charge in [-0.15, -0.1) is 11.6 Å². The molecule has 1 aromatic carbocycles. The molecule has 1 amide bonds. The Morgan fingerprint density at radius 1 is 1.33 bits per heavy atom. The van der Waals surface area contributed by atoms with Crippen LogP contribution < -0.4 is 10.1 Å². The molecule has 0 radical (unpaired) electrons. The Balaban J connectivity index is 1.64. The molecule has 1 aliphatic carbocycles. The number of nitrogens with zero attached hydrogens (tertiary/aromatic N) is 2. The Labute approximate surface area is 175 Å². The number of benzene rings is 1. The third kappa shape index (κ3) is 5.41. The monoisotopic (exact) mass is 443 g/mol. The highest BCUT2D eigenvalue weighted by atomic mass is 35.5. The van der Waals surface area contributed by atoms with Gasteiger partial charge in [-0.1, -0.05) is 30.4 Å². The molecule has 0 spiro atoms. The molecular formula is C20H18ClF4N3O2. The molecule has 1 atom stereocenters. The standard InChI is InChI=1S/C20H18ClF4N3O2/c21-14-6-2-4-8-16(14)28-19(11-17(27-28)20(23,24)25)30-12-18(29)26-10-9-13-5-1-3-7-15(13)22/h1-5,7-8,11,14H,6,9-10,12H2,(H,26,29). The van der Waals surface area contributed by atoms with Gasteiger partial charge in [-0.2, -0.15) is 18.3 Å². The molecule has 2 aromatic rings. The van der Waals surface area contributed by atoms with E-state index in [-0.39, 0.29) is 24.7 Å². The number of allylic oxidation sites excluding steroid dienone is 4. The Kier molecular flexibility index (Phi) is 6.81. The first-order valence-electron chi connectivity index (χ1n) is 9.07. The fourth-order valence-electron chi connectivity index (χ4n) is 2.81. The normalized spacial score (nSPS) is 16.3. The number of rotatable bonds is 7. The molecule has 5 nitrogen and oxygen atoms in total. The van der Waals surface area contributed by atoms with Crippen LogP contribution in [0.2, 0.25) is 0 Å². The van der Waals surface area contributed by atoms with E-state index in [0.717, 1.165) is 10.7 Å². The van der Waals surface area contributed by atoms with Gasteiger partial charge in [0.25, 0.3) is 5.91 Å². The third-order valence-corrected chi connectivity index (χ3v) is 4.71. The highest BCUT2D eigenvalue weighted by Gasteiger charge is 2.36. The topological polar surface area (TPSA) is 56.1 Å². The van der Waals surface area contributed by atoms with Crippen LogP contribution in [0.1, 0.15) is 17.7 Å². The molecule has 30 heavy (non-hydrogen) atoms. The zero-order valence-electron chi connectivity index (χ0n) is 15.6. The summed E-state index contributed by atoms with van der Waals surface area (Å²) in [5.74, 6) is -1.19. The second-order valence-corrected chi connectivity index (χ2v) is 7.01. The fourth-order valence-corrected chi connectivity index (χ4v) is 3.08. The molecule has 160 valence electrons. The number of carbonyl (C=O) groups is 1. The van der Waals surface area contributed by atoms with Gasteiger partial charge >= 0.3 is 6.18 Å². The number of nitrogens with one attached hydrogen (secondary N) is 1. The number of amides is 1. The molecule has 3 rings (SSSR count). The Bertz CT molecular complexity index is 969. The van der Waals surface area contributed by atoms with E-state index in [9.17, 15) is 22.4 Å². The van der Waals surface area contributed by atoms with Crippen molar-refractivity contribution in [2.45, 2.75) is 24.4 Å². The SMILES string of the molecule is O=C(COc1cc(C(F)(F)F)nn1C1=CC=CCC1Cl)NCCc1ccccc1F. The van der Waals surface area contributed by atoms with Crippen molar-refractivity contribution in [1.29, 1.82) is 0 Å². The second-order valence-electron chi connectivity index (χ2n) is 6.48. The quantitative estimate of drug-likeness (QED) is 0.516. The molecular weight excluding hydrogens is 426 g/mol. The maximum Gasteiger partial charge on any atom is 0.435 e. The zero-order chi connectivity index (χ0) is 21.7. The van der Waals surface area contributed by atoms with Gasteiger partial charge in [-0.05, 0) is 30.5 Å². The molecule has 0 saturated carbocycles. The van der Waals surface area contributed by atoms with Crippen molar-refractivity contribution in [3.63, 3.8) is 0 Å². The molecule has 1 aliphatic rings. The van der Waals surface area contributed by atoms with Gasteiger partial charge in [-0.3, -0.25) is 4.79 Å². The average molecular weight is 444 g/mol. The Hall–Kier alpha value is -2.81. The number of ether oxygens (including phenoxy) is 1. The van der Waals surface area contributed by atoms with Gasteiger partial charge in [0.15, 0.2) is 12.3 Å². The lowest BCUT2D eigenvalue weighted by Gasteiger charge is -2.17. The third-order valence-electron chi connectivity index (χ3n) is 4.30. The molecule has 10 heteroatoms. The molecule has 1 heterocycles. The van der Waals surface area contributed by atoms with Crippen LogP contribution in [0, 0.1) is 5.82 Å². The van der Waals surface area contributed by atoms with Crippen LogP contribution in [0.25, 0.3) is 5.70 Å². The van der Waals surface area contributed by atoms with Crippen LogP contribution in [0.5, 0.6) is 5.88 Å². The highest BCUT2D eigenvalue weighted by Crippen LogP contribution is 2.34. The summed E-state index contributed by atoms with van der Waals surface area (Å²) >= 11 is 6.19. The van der Waals surface area contributed by atoms with Gasteiger partial charge in [0.05, 0.1) is 11.1 Å². The minimum atomic E-state index is -4.68. The van der Waals surface area contributed by atoms with Crippen molar-refractivity contribution in [2.24, 2.45) is 0 Å². The minimum absolute atomic E-state index is 0.149. The van der Waals surface area contributed by atoms with Crippen LogP contribution in [-0.2, 0) is 17.4 Å². The molecule has 1 unspecified atom stereocenters. The van der Waals surface area contributed by atoms with E-state index in [1.807, 2.05) is 0 Å². The molecule has 0 fully saturated rings. The van der Waals surface area contributed by atoms with Crippen LogP contribution in [-0.4, -0.2) is 34.2 Å². The fraction of sp³-hybridized carbons (Fsp3) is 0.300. The summed E-state index contributed by atoms with van der Waals surface area (Å²) in [5.41, 5.74) is -0.404. The number of aromatic nitrogens is 2. The van der Waals surface area contributed by atoms with E-state index in [1.54, 1.807) is 30.4 Å². The van der Waals surface area contributed by atoms with Crippen LogP contribution in [0.15, 0.2) is 48.6 Å². The van der Waals surface area contributed by atoms with E-state index in [1.165, 1.54) is 12.1 Å². The molecule has 0 bridgehead atoms. The molecule has 1 aromatic heterocycles. The largest absolute Gasteiger partial charge is 0.467 e. The zero-order valence-corrected chi connectivity index (χ0v) is 16.4. The number of hydrogen-bond donors (Lipinski definition) is 1. The maximum atomic E-state index is 13.6. The first kappa shape index (κ1) is 21.9. The first-order valence-corrected chi connectivity index (χ1v) is 9.50. The van der Waals surface area contributed by atoms with E-state index in [2.05, 4.69) is 10.4 Å². The summed E-state index contributed by atoms with van der Waals surface area (Å²) in [6, 6.07) is 6.88. The van der Waals surface area contributed by atoms with Gasteiger partial charge in [0.1, 0.15) is 5.82 Å². The number of carbonyl (C=O) groups excluding carboxylic acids is 1. The molecule has 0 saturated heterocycles. The Morgan fingerprint density at radius 3 is 2.80 bits per heavy atom. The summed E-state index contributed by atoms with van der Waals surface area (Å²) < 4.78 is 59.1. The maximum absolute atomic E-state index is 13.6. The summed E-state index contributed by atoms with van der Waals surface area (Å²) in [6.07, 6.45) is 0.974. The van der Waals surface area contributed by atoms with Crippen molar-refractivity contribution in [3.8, 4) is 5.88 Å². The van der Waals surface area contributed by atoms with Crippen molar-refractivity contribution in [1.82, 2.24) is 15.1 Å². The van der Waals surface area contributed by atoms with Gasteiger partial charge in [-0.25, -0.2) is 9.07 Å². The van der Waals surface area contributed by atoms with Crippen molar-refractivity contribution in [2.75, 3.05) is 13.2 Å². The smallest absolute Gasteiger partial charge is 0.435 e.